The summed E-state index contributed by atoms with van der Waals surface area (Å²) < 4.78 is 0. The van der Waals surface area contributed by atoms with Gasteiger partial charge in [0.1, 0.15) is 0 Å². The molecule has 0 N–H and O–H groups in total. The lowest BCUT2D eigenvalue weighted by atomic mass is 9.95. The van der Waals surface area contributed by atoms with Crippen LogP contribution >= 0.6 is 0 Å². The summed E-state index contributed by atoms with van der Waals surface area (Å²) in [6.07, 6.45) is 4.99. The zero-order chi connectivity index (χ0) is 11.9. The number of carbonyl (C=O) groups is 1. The van der Waals surface area contributed by atoms with Crippen molar-refractivity contribution in [3.63, 3.8) is 0 Å². The van der Waals surface area contributed by atoms with Gasteiger partial charge in [-0.3, -0.25) is 4.79 Å². The molecule has 1 aliphatic heterocycles. The van der Waals surface area contributed by atoms with E-state index in [0.29, 0.717) is 11.1 Å². The topological polar surface area (TPSA) is 46.1 Å². The zero-order valence-electron chi connectivity index (χ0n) is 10.1. The molecule has 90 valence electrons. The number of aromatic nitrogens is 2. The van der Waals surface area contributed by atoms with Gasteiger partial charge in [-0.2, -0.15) is 5.10 Å². The van der Waals surface area contributed by atoms with Gasteiger partial charge in [0.15, 0.2) is 5.69 Å². The van der Waals surface area contributed by atoms with Crippen molar-refractivity contribution in [1.29, 1.82) is 0 Å². The van der Waals surface area contributed by atoms with Crippen LogP contribution in [-0.4, -0.2) is 34.1 Å². The number of piperidine rings is 1. The van der Waals surface area contributed by atoms with Crippen LogP contribution < -0.4 is 0 Å². The van der Waals surface area contributed by atoms with E-state index in [-0.39, 0.29) is 5.91 Å². The molecule has 2 heterocycles. The second-order valence-corrected chi connectivity index (χ2v) is 5.39. The SMILES string of the molecule is Cc1ccc(C(=O)N2CCCC3(CC3)C2)nn1. The third-order valence-electron chi connectivity index (χ3n) is 3.92. The highest BCUT2D eigenvalue weighted by Gasteiger charge is 2.46. The van der Waals surface area contributed by atoms with E-state index >= 15 is 0 Å². The van der Waals surface area contributed by atoms with E-state index in [1.165, 1.54) is 19.3 Å². The Hall–Kier alpha value is -1.45. The molecule has 4 heteroatoms. The predicted molar refractivity (Wildman–Crippen MR) is 63.6 cm³/mol. The summed E-state index contributed by atoms with van der Waals surface area (Å²) in [6, 6.07) is 3.62. The van der Waals surface area contributed by atoms with E-state index in [4.69, 9.17) is 0 Å². The Morgan fingerprint density at radius 2 is 2.12 bits per heavy atom. The fourth-order valence-corrected chi connectivity index (χ4v) is 2.64. The highest BCUT2D eigenvalue weighted by atomic mass is 16.2. The molecule has 3 rings (SSSR count). The summed E-state index contributed by atoms with van der Waals surface area (Å²) >= 11 is 0. The van der Waals surface area contributed by atoms with Crippen LogP contribution in [0.3, 0.4) is 0 Å². The lowest BCUT2D eigenvalue weighted by Gasteiger charge is -2.32. The maximum absolute atomic E-state index is 12.3. The minimum atomic E-state index is 0.0449. The molecule has 1 aliphatic carbocycles. The van der Waals surface area contributed by atoms with E-state index in [1.807, 2.05) is 17.9 Å². The second-order valence-electron chi connectivity index (χ2n) is 5.39. The van der Waals surface area contributed by atoms with Gasteiger partial charge in [-0.1, -0.05) is 0 Å². The molecular weight excluding hydrogens is 214 g/mol. The van der Waals surface area contributed by atoms with Crippen LogP contribution in [0.1, 0.15) is 41.9 Å². The number of nitrogens with zero attached hydrogens (tertiary/aromatic N) is 3. The molecule has 4 nitrogen and oxygen atoms in total. The van der Waals surface area contributed by atoms with E-state index in [9.17, 15) is 4.79 Å². The molecule has 0 bridgehead atoms. The molecule has 0 atom stereocenters. The lowest BCUT2D eigenvalue weighted by Crippen LogP contribution is -2.41. The Balaban J connectivity index is 1.75. The first-order valence-corrected chi connectivity index (χ1v) is 6.28. The van der Waals surface area contributed by atoms with Gasteiger partial charge in [0.2, 0.25) is 0 Å². The van der Waals surface area contributed by atoms with Gasteiger partial charge in [0.25, 0.3) is 5.91 Å². The summed E-state index contributed by atoms with van der Waals surface area (Å²) in [6.45, 7) is 3.67. The largest absolute Gasteiger partial charge is 0.337 e. The van der Waals surface area contributed by atoms with Crippen LogP contribution in [0.5, 0.6) is 0 Å². The van der Waals surface area contributed by atoms with Crippen molar-refractivity contribution in [3.05, 3.63) is 23.5 Å². The molecule has 0 aromatic carbocycles. The molecule has 1 saturated carbocycles. The highest BCUT2D eigenvalue weighted by molar-refractivity contribution is 5.92. The number of likely N-dealkylation sites (tertiary alicyclic amines) is 1. The number of carbonyl (C=O) groups excluding carboxylic acids is 1. The number of rotatable bonds is 1. The first kappa shape index (κ1) is 10.7. The number of hydrogen-bond acceptors (Lipinski definition) is 3. The Labute approximate surface area is 101 Å². The van der Waals surface area contributed by atoms with Gasteiger partial charge in [0.05, 0.1) is 5.69 Å². The van der Waals surface area contributed by atoms with Crippen molar-refractivity contribution < 1.29 is 4.79 Å². The fraction of sp³-hybridized carbons (Fsp3) is 0.615. The Morgan fingerprint density at radius 1 is 1.29 bits per heavy atom. The Morgan fingerprint density at radius 3 is 2.76 bits per heavy atom. The molecule has 2 fully saturated rings. The van der Waals surface area contributed by atoms with Crippen molar-refractivity contribution in [2.45, 2.75) is 32.6 Å². The Bertz CT molecular complexity index is 436. The van der Waals surface area contributed by atoms with Crippen molar-refractivity contribution in [2.75, 3.05) is 13.1 Å². The fourth-order valence-electron chi connectivity index (χ4n) is 2.64. The summed E-state index contributed by atoms with van der Waals surface area (Å²) in [5.41, 5.74) is 1.79. The first-order chi connectivity index (χ1) is 8.19. The molecule has 1 aromatic rings. The molecule has 1 spiro atoms. The monoisotopic (exact) mass is 231 g/mol. The van der Waals surface area contributed by atoms with E-state index in [1.54, 1.807) is 6.07 Å². The standard InChI is InChI=1S/C13H17N3O/c1-10-3-4-11(15-14-10)12(17)16-8-2-5-13(9-16)6-7-13/h3-4H,2,5-9H2,1H3. The molecular formula is C13H17N3O. The van der Waals surface area contributed by atoms with Crippen molar-refractivity contribution in [3.8, 4) is 0 Å². The second kappa shape index (κ2) is 3.79. The molecule has 0 unspecified atom stereocenters. The predicted octanol–water partition coefficient (Wildman–Crippen LogP) is 1.80. The van der Waals surface area contributed by atoms with Gasteiger partial charge < -0.3 is 4.90 Å². The maximum Gasteiger partial charge on any atom is 0.274 e. The number of aryl methyl sites for hydroxylation is 1. The maximum atomic E-state index is 12.3. The van der Waals surface area contributed by atoms with Gasteiger partial charge in [-0.15, -0.1) is 5.10 Å². The molecule has 1 amide bonds. The molecule has 2 aliphatic rings. The van der Waals surface area contributed by atoms with Crippen LogP contribution in [0.25, 0.3) is 0 Å². The van der Waals surface area contributed by atoms with Crippen molar-refractivity contribution in [1.82, 2.24) is 15.1 Å². The van der Waals surface area contributed by atoms with Crippen LogP contribution in [0, 0.1) is 12.3 Å². The first-order valence-electron chi connectivity index (χ1n) is 6.28. The summed E-state index contributed by atoms with van der Waals surface area (Å²) in [5.74, 6) is 0.0449. The van der Waals surface area contributed by atoms with Gasteiger partial charge >= 0.3 is 0 Å². The van der Waals surface area contributed by atoms with Crippen LogP contribution in [0.15, 0.2) is 12.1 Å². The van der Waals surface area contributed by atoms with E-state index in [2.05, 4.69) is 10.2 Å². The third-order valence-corrected chi connectivity index (χ3v) is 3.92. The molecule has 0 radical (unpaired) electrons. The minimum Gasteiger partial charge on any atom is -0.337 e. The quantitative estimate of drug-likeness (QED) is 0.740. The van der Waals surface area contributed by atoms with Crippen molar-refractivity contribution in [2.24, 2.45) is 5.41 Å². The summed E-state index contributed by atoms with van der Waals surface area (Å²) in [7, 11) is 0. The van der Waals surface area contributed by atoms with E-state index < -0.39 is 0 Å². The Kier molecular flexibility index (Phi) is 2.38. The third kappa shape index (κ3) is 2.04. The van der Waals surface area contributed by atoms with Crippen LogP contribution in [0.4, 0.5) is 0 Å². The molecule has 1 aromatic heterocycles. The highest BCUT2D eigenvalue weighted by Crippen LogP contribution is 2.52. The summed E-state index contributed by atoms with van der Waals surface area (Å²) in [4.78, 5) is 14.2. The van der Waals surface area contributed by atoms with Gasteiger partial charge in [-0.05, 0) is 50.2 Å². The normalized spacial score (nSPS) is 21.6. The molecule has 17 heavy (non-hydrogen) atoms. The van der Waals surface area contributed by atoms with Gasteiger partial charge in [-0.25, -0.2) is 0 Å². The van der Waals surface area contributed by atoms with Crippen molar-refractivity contribution >= 4 is 5.91 Å². The number of amides is 1. The average molecular weight is 231 g/mol. The summed E-state index contributed by atoms with van der Waals surface area (Å²) in [5, 5.41) is 7.93. The smallest absolute Gasteiger partial charge is 0.274 e. The van der Waals surface area contributed by atoms with Gasteiger partial charge in [0, 0.05) is 13.1 Å². The van der Waals surface area contributed by atoms with E-state index in [0.717, 1.165) is 25.2 Å². The van der Waals surface area contributed by atoms with Crippen LogP contribution in [-0.2, 0) is 0 Å². The zero-order valence-corrected chi connectivity index (χ0v) is 10.1. The number of hydrogen-bond donors (Lipinski definition) is 0. The lowest BCUT2D eigenvalue weighted by molar-refractivity contribution is 0.0647. The average Bonchev–Trinajstić information content (AvgIpc) is 3.08. The van der Waals surface area contributed by atoms with Crippen LogP contribution in [0.2, 0.25) is 0 Å². The molecule has 1 saturated heterocycles. The minimum absolute atomic E-state index is 0.0449.